The Morgan fingerprint density at radius 1 is 0.295 bits per heavy atom. The van der Waals surface area contributed by atoms with Crippen molar-refractivity contribution < 1.29 is 0 Å². The first-order valence-electron chi connectivity index (χ1n) is 26.4. The van der Waals surface area contributed by atoms with Crippen LogP contribution in [-0.4, -0.2) is 0 Å². The molecule has 0 saturated heterocycles. The van der Waals surface area contributed by atoms with Crippen LogP contribution >= 0.6 is 45.3 Å². The van der Waals surface area contributed by atoms with E-state index in [9.17, 15) is 0 Å². The molecule has 0 bridgehead atoms. The van der Waals surface area contributed by atoms with Crippen LogP contribution in [0.4, 0.5) is 28.4 Å². The number of allylic oxidation sites excluding steroid dienone is 3. The highest BCUT2D eigenvalue weighted by Gasteiger charge is 2.21. The van der Waals surface area contributed by atoms with Gasteiger partial charge in [-0.1, -0.05) is 170 Å². The van der Waals surface area contributed by atoms with Crippen LogP contribution in [0.1, 0.15) is 17.2 Å². The second-order valence-electron chi connectivity index (χ2n) is 19.6. The minimum atomic E-state index is 0.350. The minimum absolute atomic E-state index is 0.350. The molecule has 14 rings (SSSR count). The lowest BCUT2D eigenvalue weighted by Crippen LogP contribution is -2.17. The highest BCUT2D eigenvalue weighted by Crippen LogP contribution is 2.44. The summed E-state index contributed by atoms with van der Waals surface area (Å²) in [6, 6.07) is 97.6. The van der Waals surface area contributed by atoms with Gasteiger partial charge in [0.15, 0.2) is 0 Å². The highest BCUT2D eigenvalue weighted by atomic mass is 32.1. The predicted molar refractivity (Wildman–Crippen MR) is 340 cm³/mol. The van der Waals surface area contributed by atoms with E-state index in [-0.39, 0.29) is 0 Å². The van der Waals surface area contributed by atoms with Gasteiger partial charge >= 0.3 is 0 Å². The van der Waals surface area contributed by atoms with Gasteiger partial charge in [0, 0.05) is 78.7 Å². The summed E-state index contributed by atoms with van der Waals surface area (Å²) in [6.07, 6.45) is 8.09. The third kappa shape index (κ3) is 9.65. The lowest BCUT2D eigenvalue weighted by atomic mass is 9.96. The smallest absolute Gasteiger partial charge is 0.0462 e. The maximum absolute atomic E-state index is 2.42. The van der Waals surface area contributed by atoms with Crippen LogP contribution in [0, 0.1) is 0 Å². The molecule has 372 valence electrons. The molecule has 0 radical (unpaired) electrons. The molecule has 0 amide bonds. The summed E-state index contributed by atoms with van der Waals surface area (Å²) in [7, 11) is 0. The number of anilines is 5. The largest absolute Gasteiger partial charge is 0.311 e. The molecule has 2 nitrogen and oxygen atoms in total. The van der Waals surface area contributed by atoms with Crippen molar-refractivity contribution in [2.45, 2.75) is 12.3 Å². The Morgan fingerprint density at radius 3 is 1.09 bits per heavy atom. The molecule has 4 heterocycles. The SMILES string of the molecule is C1=CC(c2cc3ccccc3s2)CC=C1N(c1ccc(-c2ccc(N(c3ccc(-c4ccc(-c5ccccc5)s4)cc3)c3ccc(-c4ccc(-c5ccccc5)s4)cc3)cc2)cc1)c1ccc(-c2cc3ccccc3s2)cc1. The van der Waals surface area contributed by atoms with E-state index in [1.54, 1.807) is 0 Å². The Kier molecular flexibility index (Phi) is 12.9. The molecule has 1 atom stereocenters. The van der Waals surface area contributed by atoms with Crippen LogP contribution in [-0.2, 0) is 0 Å². The molecule has 0 N–H and O–H groups in total. The van der Waals surface area contributed by atoms with Crippen molar-refractivity contribution in [1.29, 1.82) is 0 Å². The zero-order valence-corrected chi connectivity index (χ0v) is 45.7. The van der Waals surface area contributed by atoms with Gasteiger partial charge in [0.1, 0.15) is 0 Å². The van der Waals surface area contributed by atoms with Gasteiger partial charge in [0.2, 0.25) is 0 Å². The van der Waals surface area contributed by atoms with Crippen LogP contribution in [0.3, 0.4) is 0 Å². The number of rotatable bonds is 13. The fraction of sp³-hybridized carbons (Fsp3) is 0.0278. The molecule has 4 aromatic heterocycles. The molecule has 1 unspecified atom stereocenters. The van der Waals surface area contributed by atoms with Gasteiger partial charge in [-0.2, -0.15) is 0 Å². The molecular weight excluding hydrogens is 1020 g/mol. The molecule has 9 aromatic carbocycles. The summed E-state index contributed by atoms with van der Waals surface area (Å²) < 4.78 is 2.66. The van der Waals surface area contributed by atoms with Gasteiger partial charge in [-0.05, 0) is 171 Å². The van der Waals surface area contributed by atoms with E-state index in [2.05, 4.69) is 295 Å². The quantitative estimate of drug-likeness (QED) is 0.114. The van der Waals surface area contributed by atoms with E-state index in [0.717, 1.165) is 40.4 Å². The normalized spacial score (nSPS) is 13.2. The lowest BCUT2D eigenvalue weighted by molar-refractivity contribution is 0.858. The highest BCUT2D eigenvalue weighted by molar-refractivity contribution is 7.22. The summed E-state index contributed by atoms with van der Waals surface area (Å²) >= 11 is 7.43. The average Bonchev–Trinajstić information content (AvgIpc) is 4.42. The van der Waals surface area contributed by atoms with Crippen molar-refractivity contribution in [3.63, 3.8) is 0 Å². The Labute approximate surface area is 471 Å². The van der Waals surface area contributed by atoms with E-state index in [4.69, 9.17) is 0 Å². The van der Waals surface area contributed by atoms with E-state index in [1.165, 1.54) is 88.5 Å². The van der Waals surface area contributed by atoms with Gasteiger partial charge < -0.3 is 9.80 Å². The summed E-state index contributed by atoms with van der Waals surface area (Å²) in [5.41, 5.74) is 15.2. The van der Waals surface area contributed by atoms with Gasteiger partial charge in [0.25, 0.3) is 0 Å². The topological polar surface area (TPSA) is 6.48 Å². The van der Waals surface area contributed by atoms with Crippen LogP contribution in [0.2, 0.25) is 0 Å². The molecule has 0 saturated carbocycles. The molecule has 0 fully saturated rings. The van der Waals surface area contributed by atoms with E-state index in [1.807, 2.05) is 45.3 Å². The number of hydrogen-bond donors (Lipinski definition) is 0. The van der Waals surface area contributed by atoms with Crippen LogP contribution in [0.15, 0.2) is 291 Å². The number of nitrogens with zero attached hydrogens (tertiary/aromatic N) is 2. The second kappa shape index (κ2) is 21.1. The van der Waals surface area contributed by atoms with Crippen LogP contribution < -0.4 is 9.80 Å². The Hall–Kier alpha value is -8.62. The van der Waals surface area contributed by atoms with E-state index in [0.29, 0.717) is 5.92 Å². The van der Waals surface area contributed by atoms with Crippen molar-refractivity contribution in [1.82, 2.24) is 0 Å². The summed E-state index contributed by atoms with van der Waals surface area (Å²) in [6.45, 7) is 0. The maximum Gasteiger partial charge on any atom is 0.0462 e. The summed E-state index contributed by atoms with van der Waals surface area (Å²) in [5, 5.41) is 2.61. The molecule has 0 spiro atoms. The van der Waals surface area contributed by atoms with Crippen molar-refractivity contribution in [2.24, 2.45) is 0 Å². The third-order valence-corrected chi connectivity index (χ3v) is 19.5. The fourth-order valence-electron chi connectivity index (χ4n) is 10.6. The van der Waals surface area contributed by atoms with Gasteiger partial charge in [-0.15, -0.1) is 45.3 Å². The molecular formula is C72H50N2S4. The number of benzene rings is 9. The van der Waals surface area contributed by atoms with Crippen molar-refractivity contribution in [3.8, 4) is 63.3 Å². The first-order chi connectivity index (χ1) is 38.6. The second-order valence-corrected chi connectivity index (χ2v) is 24.0. The monoisotopic (exact) mass is 1070 g/mol. The Balaban J connectivity index is 0.763. The van der Waals surface area contributed by atoms with E-state index < -0.39 is 0 Å². The van der Waals surface area contributed by atoms with Crippen LogP contribution in [0.25, 0.3) is 83.5 Å². The lowest BCUT2D eigenvalue weighted by Gasteiger charge is -2.29. The summed E-state index contributed by atoms with van der Waals surface area (Å²) in [5.74, 6) is 0.350. The van der Waals surface area contributed by atoms with Crippen molar-refractivity contribution in [3.05, 3.63) is 296 Å². The van der Waals surface area contributed by atoms with E-state index >= 15 is 0 Å². The first-order valence-corrected chi connectivity index (χ1v) is 29.6. The van der Waals surface area contributed by atoms with Gasteiger partial charge in [-0.3, -0.25) is 0 Å². The fourth-order valence-corrected chi connectivity index (χ4v) is 14.9. The predicted octanol–water partition coefficient (Wildman–Crippen LogP) is 22.5. The zero-order chi connectivity index (χ0) is 51.8. The van der Waals surface area contributed by atoms with Gasteiger partial charge in [0.05, 0.1) is 0 Å². The maximum atomic E-state index is 2.42. The molecule has 78 heavy (non-hydrogen) atoms. The van der Waals surface area contributed by atoms with Crippen molar-refractivity contribution >= 4 is 94.0 Å². The average molecular weight is 1070 g/mol. The van der Waals surface area contributed by atoms with Crippen molar-refractivity contribution in [2.75, 3.05) is 9.80 Å². The molecule has 13 aromatic rings. The standard InChI is InChI=1S/C72H50N2S4/c1-3-11-51(12-4-1)67-43-45-69(75-67)53-23-35-61(36-24-53)73(62-37-25-54(26-38-62)70-46-44-68(76-70)52-13-5-2-6-14-52)59-31-19-49(20-32-59)50-21-33-60(34-22-50)74(63-39-27-55(28-40-63)71-47-57-15-7-9-17-65(57)77-71)64-41-29-56(30-42-64)72-48-58-16-8-10-18-66(58)78-72/h1-29,31-48,56H,30H2. The number of thiophene rings is 4. The van der Waals surface area contributed by atoms with Gasteiger partial charge in [-0.25, -0.2) is 0 Å². The minimum Gasteiger partial charge on any atom is -0.311 e. The third-order valence-electron chi connectivity index (χ3n) is 14.7. The first kappa shape index (κ1) is 47.8. The van der Waals surface area contributed by atoms with Crippen LogP contribution in [0.5, 0.6) is 0 Å². The Bertz CT molecular complexity index is 4070. The number of fused-ring (bicyclic) bond motifs is 2. The number of hydrogen-bond acceptors (Lipinski definition) is 6. The molecule has 0 aliphatic heterocycles. The Morgan fingerprint density at radius 2 is 0.667 bits per heavy atom. The zero-order valence-electron chi connectivity index (χ0n) is 42.4. The summed E-state index contributed by atoms with van der Waals surface area (Å²) in [4.78, 5) is 12.5. The molecule has 6 heteroatoms. The molecule has 1 aliphatic rings. The molecule has 1 aliphatic carbocycles.